The molecule has 1 saturated heterocycles. The molecule has 0 aliphatic carbocycles. The van der Waals surface area contributed by atoms with E-state index in [-0.39, 0.29) is 10.9 Å². The lowest BCUT2D eigenvalue weighted by Gasteiger charge is -2.31. The Balaban J connectivity index is 2.29. The van der Waals surface area contributed by atoms with Gasteiger partial charge in [0.2, 0.25) is 10.0 Å². The largest absolute Gasteiger partial charge is 0.495 e. The van der Waals surface area contributed by atoms with E-state index in [9.17, 15) is 8.42 Å². The Morgan fingerprint density at radius 2 is 2.04 bits per heavy atom. The highest BCUT2D eigenvalue weighted by atomic mass is 32.2. The van der Waals surface area contributed by atoms with Crippen LogP contribution in [-0.4, -0.2) is 47.7 Å². The van der Waals surface area contributed by atoms with Gasteiger partial charge in [-0.1, -0.05) is 13.3 Å². The Morgan fingerprint density at radius 1 is 1.35 bits per heavy atom. The molecule has 0 aromatic heterocycles. The predicted molar refractivity (Wildman–Crippen MR) is 92.8 cm³/mol. The van der Waals surface area contributed by atoms with Crippen molar-refractivity contribution < 1.29 is 13.2 Å². The summed E-state index contributed by atoms with van der Waals surface area (Å²) in [5, 5.41) is 3.29. The highest BCUT2D eigenvalue weighted by molar-refractivity contribution is 7.89. The summed E-state index contributed by atoms with van der Waals surface area (Å²) in [6.07, 6.45) is 1.76. The van der Waals surface area contributed by atoms with Crippen LogP contribution in [0.4, 0.5) is 5.69 Å². The normalized spacial score (nSPS) is 17.1. The lowest BCUT2D eigenvalue weighted by Crippen LogP contribution is -2.43. The molecule has 2 rings (SSSR count). The predicted octanol–water partition coefficient (Wildman–Crippen LogP) is 1.57. The number of hydrogen-bond acceptors (Lipinski definition) is 5. The molecule has 0 spiro atoms. The first-order valence-electron chi connectivity index (χ1n) is 8.14. The van der Waals surface area contributed by atoms with E-state index < -0.39 is 10.0 Å². The summed E-state index contributed by atoms with van der Waals surface area (Å²) in [5.74, 6) is 0.701. The van der Waals surface area contributed by atoms with E-state index in [1.165, 1.54) is 0 Å². The van der Waals surface area contributed by atoms with Gasteiger partial charge in [-0.25, -0.2) is 13.1 Å². The van der Waals surface area contributed by atoms with Crippen LogP contribution in [0.3, 0.4) is 0 Å². The molecular weight excluding hydrogens is 314 g/mol. The van der Waals surface area contributed by atoms with Crippen molar-refractivity contribution in [1.82, 2.24) is 10.0 Å². The number of ether oxygens (including phenoxy) is 1. The molecule has 1 heterocycles. The fraction of sp³-hybridized carbons (Fsp3) is 0.625. The summed E-state index contributed by atoms with van der Waals surface area (Å²) in [6, 6.07) is 4.97. The van der Waals surface area contributed by atoms with Crippen LogP contribution >= 0.6 is 0 Å². The minimum Gasteiger partial charge on any atom is -0.495 e. The Hall–Kier alpha value is -1.31. The number of benzene rings is 1. The third-order valence-corrected chi connectivity index (χ3v) is 5.58. The number of methoxy groups -OCH3 is 1. The van der Waals surface area contributed by atoms with Crippen LogP contribution in [0.25, 0.3) is 0 Å². The second kappa shape index (κ2) is 7.99. The van der Waals surface area contributed by atoms with Gasteiger partial charge in [-0.2, -0.15) is 0 Å². The molecule has 1 atom stereocenters. The third kappa shape index (κ3) is 4.59. The lowest BCUT2D eigenvalue weighted by molar-refractivity contribution is 0.412. The quantitative estimate of drug-likeness (QED) is 0.788. The average molecular weight is 341 g/mol. The van der Waals surface area contributed by atoms with Crippen LogP contribution in [-0.2, 0) is 10.0 Å². The summed E-state index contributed by atoms with van der Waals surface area (Å²) < 4.78 is 33.3. The number of hydrogen-bond donors (Lipinski definition) is 2. The maximum Gasteiger partial charge on any atom is 0.240 e. The molecule has 0 radical (unpaired) electrons. The zero-order valence-electron chi connectivity index (χ0n) is 14.1. The number of nitrogens with one attached hydrogen (secondary N) is 2. The molecule has 1 unspecified atom stereocenters. The molecule has 130 valence electrons. The Kier molecular flexibility index (Phi) is 6.26. The molecule has 23 heavy (non-hydrogen) atoms. The van der Waals surface area contributed by atoms with Crippen LogP contribution in [0.5, 0.6) is 5.75 Å². The molecule has 6 nitrogen and oxygen atoms in total. The fourth-order valence-corrected chi connectivity index (χ4v) is 4.11. The van der Waals surface area contributed by atoms with Crippen molar-refractivity contribution in [3.05, 3.63) is 18.2 Å². The number of anilines is 1. The monoisotopic (exact) mass is 341 g/mol. The van der Waals surface area contributed by atoms with Crippen molar-refractivity contribution in [2.24, 2.45) is 0 Å². The molecular formula is C16H27N3O3S. The van der Waals surface area contributed by atoms with E-state index in [4.69, 9.17) is 4.74 Å². The van der Waals surface area contributed by atoms with Crippen molar-refractivity contribution >= 4 is 15.7 Å². The van der Waals surface area contributed by atoms with Crippen LogP contribution in [0.15, 0.2) is 23.1 Å². The Labute approximate surface area is 139 Å². The summed E-state index contributed by atoms with van der Waals surface area (Å²) >= 11 is 0. The van der Waals surface area contributed by atoms with Crippen molar-refractivity contribution in [1.29, 1.82) is 0 Å². The zero-order valence-corrected chi connectivity index (χ0v) is 14.9. The first kappa shape index (κ1) is 18.0. The highest BCUT2D eigenvalue weighted by Crippen LogP contribution is 2.31. The van der Waals surface area contributed by atoms with Gasteiger partial charge in [-0.15, -0.1) is 0 Å². The summed E-state index contributed by atoms with van der Waals surface area (Å²) in [6.45, 7) is 7.36. The first-order valence-corrected chi connectivity index (χ1v) is 9.62. The molecule has 0 bridgehead atoms. The number of nitrogens with zero attached hydrogens (tertiary/aromatic N) is 1. The molecule has 7 heteroatoms. The average Bonchev–Trinajstić information content (AvgIpc) is 2.54. The molecule has 1 fully saturated rings. The number of rotatable bonds is 7. The minimum absolute atomic E-state index is 0.0743. The van der Waals surface area contributed by atoms with E-state index >= 15 is 0 Å². The van der Waals surface area contributed by atoms with Crippen molar-refractivity contribution in [3.63, 3.8) is 0 Å². The molecule has 2 N–H and O–H groups in total. The zero-order chi connectivity index (χ0) is 16.9. The minimum atomic E-state index is -3.52. The summed E-state index contributed by atoms with van der Waals surface area (Å²) in [4.78, 5) is 2.44. The molecule has 1 aromatic carbocycles. The summed E-state index contributed by atoms with van der Waals surface area (Å²) in [7, 11) is -1.91. The van der Waals surface area contributed by atoms with Crippen molar-refractivity contribution in [3.8, 4) is 5.75 Å². The molecule has 1 aliphatic rings. The smallest absolute Gasteiger partial charge is 0.240 e. The fourth-order valence-electron chi connectivity index (χ4n) is 2.81. The molecule has 0 saturated carbocycles. The van der Waals surface area contributed by atoms with Gasteiger partial charge in [0.15, 0.2) is 0 Å². The third-order valence-electron chi connectivity index (χ3n) is 4.00. The van der Waals surface area contributed by atoms with Crippen molar-refractivity contribution in [2.45, 2.75) is 37.6 Å². The maximum atomic E-state index is 12.6. The van der Waals surface area contributed by atoms with Gasteiger partial charge in [0.25, 0.3) is 0 Å². The van der Waals surface area contributed by atoms with Gasteiger partial charge in [-0.3, -0.25) is 0 Å². The van der Waals surface area contributed by atoms with Crippen LogP contribution in [0.2, 0.25) is 0 Å². The van der Waals surface area contributed by atoms with E-state index in [0.29, 0.717) is 5.75 Å². The Bertz CT molecular complexity index is 613. The molecule has 1 aromatic rings. The van der Waals surface area contributed by atoms with E-state index in [1.54, 1.807) is 25.3 Å². The maximum absolute atomic E-state index is 12.6. The number of piperazine rings is 1. The van der Waals surface area contributed by atoms with E-state index in [2.05, 4.69) is 14.9 Å². The van der Waals surface area contributed by atoms with Gasteiger partial charge >= 0.3 is 0 Å². The lowest BCUT2D eigenvalue weighted by atomic mass is 10.2. The van der Waals surface area contributed by atoms with Gasteiger partial charge < -0.3 is 15.0 Å². The topological polar surface area (TPSA) is 70.7 Å². The van der Waals surface area contributed by atoms with Crippen LogP contribution < -0.4 is 19.7 Å². The highest BCUT2D eigenvalue weighted by Gasteiger charge is 2.21. The van der Waals surface area contributed by atoms with Gasteiger partial charge in [-0.05, 0) is 31.5 Å². The van der Waals surface area contributed by atoms with E-state index in [1.807, 2.05) is 13.8 Å². The first-order chi connectivity index (χ1) is 11.0. The van der Waals surface area contributed by atoms with Gasteiger partial charge in [0, 0.05) is 32.2 Å². The van der Waals surface area contributed by atoms with E-state index in [0.717, 1.165) is 44.7 Å². The molecule has 1 aliphatic heterocycles. The van der Waals surface area contributed by atoms with Gasteiger partial charge in [0.1, 0.15) is 5.75 Å². The number of sulfonamides is 1. The second-order valence-corrected chi connectivity index (χ2v) is 7.60. The SMILES string of the molecule is CCCC(C)NS(=O)(=O)c1ccc(OC)c(N2CCNCC2)c1. The van der Waals surface area contributed by atoms with Crippen molar-refractivity contribution in [2.75, 3.05) is 38.2 Å². The van der Waals surface area contributed by atoms with Crippen LogP contribution in [0.1, 0.15) is 26.7 Å². The van der Waals surface area contributed by atoms with Gasteiger partial charge in [0.05, 0.1) is 17.7 Å². The second-order valence-electron chi connectivity index (χ2n) is 5.88. The summed E-state index contributed by atoms with van der Waals surface area (Å²) in [5.41, 5.74) is 0.833. The Morgan fingerprint density at radius 3 is 2.65 bits per heavy atom. The van der Waals surface area contributed by atoms with Crippen LogP contribution in [0, 0.1) is 0 Å². The standard InChI is InChI=1S/C16H27N3O3S/c1-4-5-13(2)18-23(20,21)14-6-7-16(22-3)15(12-14)19-10-8-17-9-11-19/h6-7,12-13,17-18H,4-5,8-11H2,1-3H3. The molecule has 0 amide bonds.